The highest BCUT2D eigenvalue weighted by Crippen LogP contribution is 2.42. The van der Waals surface area contributed by atoms with Crippen molar-refractivity contribution in [3.8, 4) is 158 Å². The molecule has 0 unspecified atom stereocenters. The normalized spacial score (nSPS) is 11.5. The Balaban J connectivity index is 0.552. The minimum atomic E-state index is 0.574. The molecule has 114 heavy (non-hydrogen) atoms. The molecule has 0 aliphatic carbocycles. The van der Waals surface area contributed by atoms with Gasteiger partial charge in [-0.15, -0.1) is 0 Å². The zero-order chi connectivity index (χ0) is 75.4. The third-order valence-corrected chi connectivity index (χ3v) is 21.4. The fourth-order valence-electron chi connectivity index (χ4n) is 15.7. The molecule has 0 spiro atoms. The molecule has 0 bridgehead atoms. The molecular weight excluding hydrogens is 1390 g/mol. The van der Waals surface area contributed by atoms with E-state index in [2.05, 4.69) is 264 Å². The first-order chi connectivity index (χ1) is 56.4. The molecule has 21 aromatic rings. The highest BCUT2D eigenvalue weighted by atomic mass is 15.1. The number of fused-ring (bicyclic) bond motifs is 8. The Morgan fingerprint density at radius 2 is 0.509 bits per heavy atom. The molecule has 12 nitrogen and oxygen atoms in total. The van der Waals surface area contributed by atoms with Gasteiger partial charge in [0, 0.05) is 62.7 Å². The lowest BCUT2D eigenvalue weighted by Crippen LogP contribution is -2.00. The van der Waals surface area contributed by atoms with Crippen LogP contribution < -0.4 is 0 Å². The summed E-state index contributed by atoms with van der Waals surface area (Å²) in [4.78, 5) is 50.9. The smallest absolute Gasteiger partial charge is 0.164 e. The van der Waals surface area contributed by atoms with Crippen LogP contribution >= 0.6 is 0 Å². The molecule has 0 amide bonds. The molecule has 0 radical (unpaired) electrons. The summed E-state index contributed by atoms with van der Waals surface area (Å²) < 4.78 is 4.39. The van der Waals surface area contributed by atoms with Crippen LogP contribution in [0.4, 0.5) is 0 Å². The van der Waals surface area contributed by atoms with Gasteiger partial charge in [-0.05, 0) is 173 Å². The molecule has 15 aromatic carbocycles. The molecule has 0 atom stereocenters. The molecule has 12 heteroatoms. The van der Waals surface area contributed by atoms with E-state index in [9.17, 15) is 0 Å². The van der Waals surface area contributed by atoms with E-state index >= 15 is 0 Å². The Kier molecular flexibility index (Phi) is 16.6. The topological polar surface area (TPSA) is 139 Å². The van der Waals surface area contributed by atoms with Gasteiger partial charge in [0.05, 0.1) is 22.1 Å². The van der Waals surface area contributed by atoms with E-state index in [1.165, 1.54) is 5.39 Å². The minimum Gasteiger partial charge on any atom is -0.291 e. The maximum atomic E-state index is 5.27. The predicted molar refractivity (Wildman–Crippen MR) is 461 cm³/mol. The number of hydrogen-bond acceptors (Lipinski definition) is 10. The van der Waals surface area contributed by atoms with Gasteiger partial charge in [-0.3, -0.25) is 19.1 Å². The summed E-state index contributed by atoms with van der Waals surface area (Å²) in [6.07, 6.45) is 3.75. The second-order valence-corrected chi connectivity index (χ2v) is 28.4. The zero-order valence-electron chi connectivity index (χ0n) is 61.3. The van der Waals surface area contributed by atoms with Crippen LogP contribution in [0, 0.1) is 0 Å². The van der Waals surface area contributed by atoms with Crippen molar-refractivity contribution in [1.82, 2.24) is 59.0 Å². The van der Waals surface area contributed by atoms with Crippen molar-refractivity contribution in [2.75, 3.05) is 0 Å². The molecule has 0 aliphatic rings. The fraction of sp³-hybridized carbons (Fsp3) is 0. The Morgan fingerprint density at radius 1 is 0.175 bits per heavy atom. The number of benzene rings is 15. The lowest BCUT2D eigenvalue weighted by atomic mass is 9.91. The summed E-state index contributed by atoms with van der Waals surface area (Å²) in [5.41, 5.74) is 23.6. The van der Waals surface area contributed by atoms with Crippen molar-refractivity contribution < 1.29 is 0 Å². The fourth-order valence-corrected chi connectivity index (χ4v) is 15.7. The Labute approximate surface area is 656 Å². The van der Waals surface area contributed by atoms with Gasteiger partial charge in [-0.25, -0.2) is 39.9 Å². The highest BCUT2D eigenvalue weighted by Gasteiger charge is 2.22. The van der Waals surface area contributed by atoms with Crippen LogP contribution in [0.5, 0.6) is 0 Å². The van der Waals surface area contributed by atoms with Crippen LogP contribution in [0.2, 0.25) is 0 Å². The van der Waals surface area contributed by atoms with E-state index in [-0.39, 0.29) is 0 Å². The summed E-state index contributed by atoms with van der Waals surface area (Å²) in [5, 5.41) is 6.89. The second kappa shape index (κ2) is 28.4. The number of hydrogen-bond donors (Lipinski definition) is 0. The van der Waals surface area contributed by atoms with Gasteiger partial charge in [0.1, 0.15) is 11.4 Å². The Hall–Kier alpha value is -15.7. The number of nitrogens with zero attached hydrogens (tertiary/aromatic N) is 12. The van der Waals surface area contributed by atoms with Crippen LogP contribution in [-0.4, -0.2) is 59.0 Å². The quantitative estimate of drug-likeness (QED) is 0.0912. The van der Waals surface area contributed by atoms with Gasteiger partial charge in [-0.2, -0.15) is 0 Å². The molecule has 532 valence electrons. The van der Waals surface area contributed by atoms with Crippen LogP contribution in [0.25, 0.3) is 213 Å². The number of imidazole rings is 2. The van der Waals surface area contributed by atoms with Crippen molar-refractivity contribution in [2.45, 2.75) is 0 Å². The third kappa shape index (κ3) is 12.4. The average molecular weight is 1460 g/mol. The SMILES string of the molecule is c1ccc(-c2nc(-c3ccc(-c4ccc(-c5nc(-c6ccccc6)nc(-c6ccc7c8ccc(-c9ccc%10nc(-c%11ccccn%11)n(-c%11ccccc%11)c%10c9)cc8c8ccccc8c7c6)n5)cc4)cc3)nc(-c3cccc(-c4cccc(-c5ccc(-c6ccc(-c7nc8ccccc8n7-c7ccccc7)nc6)cc5)c4)c3)n2)cc1. The van der Waals surface area contributed by atoms with E-state index < -0.39 is 0 Å². The zero-order valence-corrected chi connectivity index (χ0v) is 61.3. The maximum Gasteiger partial charge on any atom is 0.164 e. The summed E-state index contributed by atoms with van der Waals surface area (Å²) >= 11 is 0. The number of rotatable bonds is 15. The molecular formula is C102H64N12. The predicted octanol–water partition coefficient (Wildman–Crippen LogP) is 24.7. The second-order valence-electron chi connectivity index (χ2n) is 28.4. The van der Waals surface area contributed by atoms with Crippen molar-refractivity contribution >= 4 is 54.4 Å². The van der Waals surface area contributed by atoms with Crippen LogP contribution in [0.3, 0.4) is 0 Å². The van der Waals surface area contributed by atoms with Crippen LogP contribution in [0.15, 0.2) is 389 Å². The van der Waals surface area contributed by atoms with E-state index in [0.29, 0.717) is 34.9 Å². The number of aromatic nitrogens is 12. The standard InChI is InChI=1S/C102H64N12/c1-5-21-69(22-6-1)95-107-97(111-99(109-95)78-28-20-27-75(60-78)74-26-19-25-73(59-74)67-38-40-68(41-39-67)80-53-57-92(104-64-80)102-105-89-35-15-16-37-93(89)113(102)81-29-9-3-10-30-81)71-46-42-65(43-47-71)66-44-48-72(49-45-66)98-108-96(70-23-7-2-8-24-70)110-100(112-98)79-51-55-86-85-54-50-76(61-87(85)83-33-13-14-34-84(83)88(86)62-79)77-52-56-90-94(63-77)114(82-31-11-4-12-32-82)101(106-90)91-36-17-18-58-103-91/h1-64H. The first kappa shape index (κ1) is 66.5. The highest BCUT2D eigenvalue weighted by molar-refractivity contribution is 6.26. The molecule has 6 heterocycles. The lowest BCUT2D eigenvalue weighted by molar-refractivity contribution is 1.07. The summed E-state index contributed by atoms with van der Waals surface area (Å²) in [6.45, 7) is 0. The molecule has 0 aliphatic heterocycles. The van der Waals surface area contributed by atoms with Gasteiger partial charge < -0.3 is 0 Å². The molecule has 21 rings (SSSR count). The molecule has 0 saturated heterocycles. The van der Waals surface area contributed by atoms with E-state index in [0.717, 1.165) is 172 Å². The van der Waals surface area contributed by atoms with Crippen molar-refractivity contribution in [3.63, 3.8) is 0 Å². The van der Waals surface area contributed by atoms with Crippen LogP contribution in [-0.2, 0) is 0 Å². The van der Waals surface area contributed by atoms with Gasteiger partial charge in [0.25, 0.3) is 0 Å². The number of para-hydroxylation sites is 4. The number of pyridine rings is 2. The monoisotopic (exact) mass is 1460 g/mol. The summed E-state index contributed by atoms with van der Waals surface area (Å²) in [5.74, 6) is 5.09. The largest absolute Gasteiger partial charge is 0.291 e. The van der Waals surface area contributed by atoms with Crippen molar-refractivity contribution in [3.05, 3.63) is 389 Å². The van der Waals surface area contributed by atoms with Gasteiger partial charge >= 0.3 is 0 Å². The van der Waals surface area contributed by atoms with E-state index in [1.54, 1.807) is 0 Å². The molecule has 0 N–H and O–H groups in total. The van der Waals surface area contributed by atoms with Gasteiger partial charge in [0.2, 0.25) is 0 Å². The molecule has 6 aromatic heterocycles. The van der Waals surface area contributed by atoms with Gasteiger partial charge in [0.15, 0.2) is 46.6 Å². The average Bonchev–Trinajstić information content (AvgIpc) is 1.01. The first-order valence-electron chi connectivity index (χ1n) is 38.0. The van der Waals surface area contributed by atoms with Crippen molar-refractivity contribution in [2.24, 2.45) is 0 Å². The molecule has 0 saturated carbocycles. The minimum absolute atomic E-state index is 0.574. The Morgan fingerprint density at radius 3 is 1.04 bits per heavy atom. The van der Waals surface area contributed by atoms with E-state index in [1.807, 2.05) is 134 Å². The van der Waals surface area contributed by atoms with E-state index in [4.69, 9.17) is 49.8 Å². The summed E-state index contributed by atoms with van der Waals surface area (Å²) in [6, 6.07) is 131. The van der Waals surface area contributed by atoms with Gasteiger partial charge in [-0.1, -0.05) is 285 Å². The first-order valence-corrected chi connectivity index (χ1v) is 38.0. The Bertz CT molecular complexity index is 7200. The maximum absolute atomic E-state index is 5.27. The molecule has 0 fully saturated rings. The van der Waals surface area contributed by atoms with Crippen molar-refractivity contribution in [1.29, 1.82) is 0 Å². The van der Waals surface area contributed by atoms with Crippen LogP contribution in [0.1, 0.15) is 0 Å². The third-order valence-electron chi connectivity index (χ3n) is 21.4. The lowest BCUT2D eigenvalue weighted by Gasteiger charge is -2.14. The summed E-state index contributed by atoms with van der Waals surface area (Å²) in [7, 11) is 0.